The summed E-state index contributed by atoms with van der Waals surface area (Å²) in [4.78, 5) is 8.69. The van der Waals surface area contributed by atoms with Gasteiger partial charge in [-0.15, -0.1) is 0 Å². The van der Waals surface area contributed by atoms with Crippen LogP contribution in [0.4, 0.5) is 0 Å². The first kappa shape index (κ1) is 16.1. The Labute approximate surface area is 146 Å². The molecular formula is C19H22N4O2. The van der Waals surface area contributed by atoms with Gasteiger partial charge in [-0.25, -0.2) is 0 Å². The largest absolute Gasteiger partial charge is 0.493 e. The lowest BCUT2D eigenvalue weighted by Gasteiger charge is -2.37. The highest BCUT2D eigenvalue weighted by atomic mass is 16.5. The van der Waals surface area contributed by atoms with Crippen molar-refractivity contribution in [2.75, 3.05) is 19.8 Å². The Morgan fingerprint density at radius 3 is 2.84 bits per heavy atom. The van der Waals surface area contributed by atoms with E-state index in [4.69, 9.17) is 20.9 Å². The first-order valence-corrected chi connectivity index (χ1v) is 8.35. The number of hydrogen-bond donors (Lipinski definition) is 2. The maximum atomic E-state index is 6.54. The van der Waals surface area contributed by atoms with E-state index in [1.807, 2.05) is 24.3 Å². The van der Waals surface area contributed by atoms with E-state index in [1.54, 1.807) is 18.6 Å². The molecule has 1 unspecified atom stereocenters. The smallest absolute Gasteiger partial charge is 0.119 e. The lowest BCUT2D eigenvalue weighted by atomic mass is 9.87. The normalized spacial score (nSPS) is 24.6. The van der Waals surface area contributed by atoms with Crippen LogP contribution in [0.2, 0.25) is 0 Å². The van der Waals surface area contributed by atoms with Crippen molar-refractivity contribution in [3.8, 4) is 5.75 Å². The minimum atomic E-state index is -0.794. The fourth-order valence-electron chi connectivity index (χ4n) is 3.25. The highest BCUT2D eigenvalue weighted by Gasteiger charge is 2.34. The topological polar surface area (TPSA) is 95.8 Å². The molecule has 0 saturated carbocycles. The summed E-state index contributed by atoms with van der Waals surface area (Å²) in [6.45, 7) is 4.31. The van der Waals surface area contributed by atoms with E-state index in [9.17, 15) is 0 Å². The highest BCUT2D eigenvalue weighted by Crippen LogP contribution is 2.32. The minimum absolute atomic E-state index is 0.113. The molecular weight excluding hydrogens is 316 g/mol. The zero-order chi connectivity index (χ0) is 17.5. The van der Waals surface area contributed by atoms with Gasteiger partial charge in [-0.05, 0) is 29.7 Å². The number of benzene rings is 1. The minimum Gasteiger partial charge on any atom is -0.493 e. The van der Waals surface area contributed by atoms with Crippen LogP contribution in [0, 0.1) is 5.41 Å². The summed E-state index contributed by atoms with van der Waals surface area (Å²) in [7, 11) is 0. The Morgan fingerprint density at radius 1 is 1.28 bits per heavy atom. The third kappa shape index (κ3) is 2.99. The van der Waals surface area contributed by atoms with Crippen molar-refractivity contribution in [2.24, 2.45) is 21.9 Å². The van der Waals surface area contributed by atoms with Crippen LogP contribution >= 0.6 is 0 Å². The van der Waals surface area contributed by atoms with Crippen LogP contribution in [0.3, 0.4) is 0 Å². The highest BCUT2D eigenvalue weighted by molar-refractivity contribution is 5.90. The van der Waals surface area contributed by atoms with E-state index < -0.39 is 5.54 Å². The molecule has 1 aromatic carbocycles. The second-order valence-electron chi connectivity index (χ2n) is 7.33. The number of ether oxygens (including phenoxy) is 2. The van der Waals surface area contributed by atoms with Crippen LogP contribution in [0.5, 0.6) is 5.75 Å². The first-order chi connectivity index (χ1) is 12.0. The quantitative estimate of drug-likeness (QED) is 0.890. The fourth-order valence-corrected chi connectivity index (χ4v) is 3.25. The molecule has 0 radical (unpaired) electrons. The van der Waals surface area contributed by atoms with E-state index >= 15 is 0 Å². The van der Waals surface area contributed by atoms with Gasteiger partial charge in [0.1, 0.15) is 11.3 Å². The fraction of sp³-hybridized carbons (Fsp3) is 0.368. The summed E-state index contributed by atoms with van der Waals surface area (Å²) in [5, 5.41) is 2.01. The second-order valence-corrected chi connectivity index (χ2v) is 7.33. The molecule has 1 fully saturated rings. The number of aliphatic imine (C=N–C) groups is 1. The number of nitrogens with two attached hydrogens (primary N) is 2. The molecule has 3 heterocycles. The SMILES string of the molecule is CC1(COc2ccc3c(C4(N)C=NC=C(N)C4)nccc3c2)COC1. The Balaban J connectivity index is 1.64. The number of aromatic nitrogens is 1. The molecule has 4 N–H and O–H groups in total. The van der Waals surface area contributed by atoms with Crippen molar-refractivity contribution >= 4 is 17.0 Å². The van der Waals surface area contributed by atoms with Crippen molar-refractivity contribution in [1.82, 2.24) is 4.98 Å². The lowest BCUT2D eigenvalue weighted by Crippen LogP contribution is -2.44. The van der Waals surface area contributed by atoms with Crippen LogP contribution in [-0.4, -0.2) is 31.0 Å². The predicted octanol–water partition coefficient (Wildman–Crippen LogP) is 2.08. The molecule has 0 aliphatic carbocycles. The molecule has 0 bridgehead atoms. The van der Waals surface area contributed by atoms with Crippen LogP contribution in [0.1, 0.15) is 19.0 Å². The summed E-state index contributed by atoms with van der Waals surface area (Å²) < 4.78 is 11.2. The average Bonchev–Trinajstić information content (AvgIpc) is 2.57. The van der Waals surface area contributed by atoms with Crippen molar-refractivity contribution in [2.45, 2.75) is 18.9 Å². The Hall–Kier alpha value is -2.44. The second kappa shape index (κ2) is 5.82. The van der Waals surface area contributed by atoms with Gasteiger partial charge < -0.3 is 20.9 Å². The molecule has 2 aliphatic rings. The third-order valence-electron chi connectivity index (χ3n) is 4.71. The predicted molar refractivity (Wildman–Crippen MR) is 97.4 cm³/mol. The van der Waals surface area contributed by atoms with Crippen LogP contribution in [0.15, 0.2) is 47.4 Å². The average molecular weight is 338 g/mol. The van der Waals surface area contributed by atoms with Gasteiger partial charge in [-0.3, -0.25) is 9.98 Å². The number of pyridine rings is 1. The van der Waals surface area contributed by atoms with Gasteiger partial charge in [0.15, 0.2) is 0 Å². The van der Waals surface area contributed by atoms with Crippen LogP contribution in [0.25, 0.3) is 10.8 Å². The Morgan fingerprint density at radius 2 is 2.12 bits per heavy atom. The van der Waals surface area contributed by atoms with Gasteiger partial charge in [-0.1, -0.05) is 6.92 Å². The molecule has 1 aromatic heterocycles. The number of fused-ring (bicyclic) bond motifs is 1. The molecule has 130 valence electrons. The van der Waals surface area contributed by atoms with Gasteiger partial charge in [0, 0.05) is 41.5 Å². The van der Waals surface area contributed by atoms with Crippen molar-refractivity contribution in [3.63, 3.8) is 0 Å². The maximum Gasteiger partial charge on any atom is 0.119 e. The summed E-state index contributed by atoms with van der Waals surface area (Å²) in [6, 6.07) is 7.94. The third-order valence-corrected chi connectivity index (χ3v) is 4.71. The monoisotopic (exact) mass is 338 g/mol. The summed E-state index contributed by atoms with van der Waals surface area (Å²) >= 11 is 0. The lowest BCUT2D eigenvalue weighted by molar-refractivity contribution is -0.120. The van der Waals surface area contributed by atoms with E-state index in [2.05, 4.69) is 16.9 Å². The van der Waals surface area contributed by atoms with Crippen molar-refractivity contribution < 1.29 is 9.47 Å². The molecule has 25 heavy (non-hydrogen) atoms. The van der Waals surface area contributed by atoms with Gasteiger partial charge in [0.2, 0.25) is 0 Å². The molecule has 4 rings (SSSR count). The van der Waals surface area contributed by atoms with Gasteiger partial charge >= 0.3 is 0 Å². The van der Waals surface area contributed by atoms with Crippen LogP contribution < -0.4 is 16.2 Å². The van der Waals surface area contributed by atoms with Gasteiger partial charge in [0.25, 0.3) is 0 Å². The summed E-state index contributed by atoms with van der Waals surface area (Å²) in [5.74, 6) is 0.834. The van der Waals surface area contributed by atoms with E-state index in [1.165, 1.54) is 0 Å². The molecule has 0 spiro atoms. The molecule has 6 heteroatoms. The van der Waals surface area contributed by atoms with Gasteiger partial charge in [0.05, 0.1) is 25.5 Å². The molecule has 2 aromatic rings. The van der Waals surface area contributed by atoms with Crippen LogP contribution in [-0.2, 0) is 10.3 Å². The zero-order valence-corrected chi connectivity index (χ0v) is 14.2. The Kier molecular flexibility index (Phi) is 3.74. The van der Waals surface area contributed by atoms with E-state index in [0.717, 1.165) is 35.4 Å². The number of hydrogen-bond acceptors (Lipinski definition) is 6. The molecule has 6 nitrogen and oxygen atoms in total. The maximum absolute atomic E-state index is 6.54. The standard InChI is InChI=1S/C19H22N4O2/c1-18(10-24-11-18)12-25-15-2-3-16-13(6-15)4-5-23-17(16)19(21)7-14(20)8-22-9-19/h2-6,8-9H,7,10-12,20-21H2,1H3. The molecule has 1 atom stereocenters. The molecule has 2 aliphatic heterocycles. The van der Waals surface area contributed by atoms with Crippen molar-refractivity contribution in [1.29, 1.82) is 0 Å². The number of nitrogens with zero attached hydrogens (tertiary/aromatic N) is 2. The first-order valence-electron chi connectivity index (χ1n) is 8.35. The summed E-state index contributed by atoms with van der Waals surface area (Å²) in [5.41, 5.74) is 13.2. The molecule has 0 amide bonds. The summed E-state index contributed by atoms with van der Waals surface area (Å²) in [6.07, 6.45) is 5.61. The number of rotatable bonds is 4. The van der Waals surface area contributed by atoms with Gasteiger partial charge in [-0.2, -0.15) is 0 Å². The van der Waals surface area contributed by atoms with E-state index in [-0.39, 0.29) is 5.41 Å². The molecule has 1 saturated heterocycles. The Bertz CT molecular complexity index is 873. The van der Waals surface area contributed by atoms with Crippen molar-refractivity contribution in [3.05, 3.63) is 48.1 Å². The zero-order valence-electron chi connectivity index (χ0n) is 14.2. The van der Waals surface area contributed by atoms with E-state index in [0.29, 0.717) is 18.7 Å².